The predicted molar refractivity (Wildman–Crippen MR) is 140 cm³/mol. The van der Waals surface area contributed by atoms with Crippen LogP contribution in [-0.4, -0.2) is 13.7 Å². The Hall–Kier alpha value is -2.32. The van der Waals surface area contributed by atoms with Crippen molar-refractivity contribution in [3.63, 3.8) is 0 Å². The maximum absolute atomic E-state index is 5.71. The number of hydrogen-bond donors (Lipinski definition) is 1. The van der Waals surface area contributed by atoms with Crippen molar-refractivity contribution in [1.82, 2.24) is 0 Å². The van der Waals surface area contributed by atoms with E-state index in [4.69, 9.17) is 4.74 Å². The highest BCUT2D eigenvalue weighted by molar-refractivity contribution is 5.89. The summed E-state index contributed by atoms with van der Waals surface area (Å²) in [4.78, 5) is 0. The Morgan fingerprint density at radius 2 is 1.94 bits per heavy atom. The summed E-state index contributed by atoms with van der Waals surface area (Å²) in [5, 5.41) is 3.49. The van der Waals surface area contributed by atoms with Crippen LogP contribution in [0, 0.1) is 19.3 Å². The number of ether oxygens (including phenoxy) is 1. The molecule has 1 aliphatic carbocycles. The summed E-state index contributed by atoms with van der Waals surface area (Å²) in [6, 6.07) is 9.42. The Balaban J connectivity index is 2.31. The molecule has 0 aliphatic heterocycles. The third-order valence-electron chi connectivity index (χ3n) is 6.41. The van der Waals surface area contributed by atoms with Crippen molar-refractivity contribution in [3.8, 4) is 11.1 Å². The highest BCUT2D eigenvalue weighted by atomic mass is 16.5. The van der Waals surface area contributed by atoms with Gasteiger partial charge in [0.15, 0.2) is 0 Å². The van der Waals surface area contributed by atoms with Crippen LogP contribution in [0.3, 0.4) is 0 Å². The van der Waals surface area contributed by atoms with Crippen molar-refractivity contribution in [2.45, 2.75) is 73.6 Å². The van der Waals surface area contributed by atoms with Gasteiger partial charge < -0.3 is 10.1 Å². The van der Waals surface area contributed by atoms with Crippen molar-refractivity contribution in [2.75, 3.05) is 19.0 Å². The molecule has 2 aromatic carbocycles. The van der Waals surface area contributed by atoms with Crippen molar-refractivity contribution in [1.29, 1.82) is 0 Å². The van der Waals surface area contributed by atoms with E-state index >= 15 is 0 Å². The average molecular weight is 432 g/mol. The molecule has 0 spiro atoms. The summed E-state index contributed by atoms with van der Waals surface area (Å²) in [7, 11) is 1.79. The van der Waals surface area contributed by atoms with E-state index in [-0.39, 0.29) is 5.41 Å². The standard InChI is InChI=1S/C30H41NO/c1-19(2)31-27-15-21(4)28(24-13-14-26-20(3)11-10-12-23(26)16-24)29(22(27)5)25(18-32-9)17-30(6,7)8/h13-17,20,31H,1,10-12,18H2,2-9H3/b25-17+. The summed E-state index contributed by atoms with van der Waals surface area (Å²) in [6.45, 7) is 20.2. The van der Waals surface area contributed by atoms with Crippen molar-refractivity contribution in [2.24, 2.45) is 5.41 Å². The van der Waals surface area contributed by atoms with E-state index in [1.165, 1.54) is 63.8 Å². The van der Waals surface area contributed by atoms with Crippen LogP contribution in [0.25, 0.3) is 16.7 Å². The topological polar surface area (TPSA) is 21.3 Å². The molecule has 2 heteroatoms. The molecule has 1 N–H and O–H groups in total. The van der Waals surface area contributed by atoms with Gasteiger partial charge in [0.05, 0.1) is 6.61 Å². The average Bonchev–Trinajstić information content (AvgIpc) is 2.68. The van der Waals surface area contributed by atoms with Gasteiger partial charge in [0.2, 0.25) is 0 Å². The van der Waals surface area contributed by atoms with Gasteiger partial charge in [0.25, 0.3) is 0 Å². The fourth-order valence-corrected chi connectivity index (χ4v) is 5.13. The lowest BCUT2D eigenvalue weighted by Crippen LogP contribution is -2.10. The van der Waals surface area contributed by atoms with E-state index in [1.807, 2.05) is 6.92 Å². The van der Waals surface area contributed by atoms with Crippen LogP contribution in [0.1, 0.15) is 81.2 Å². The van der Waals surface area contributed by atoms with Crippen LogP contribution in [0.4, 0.5) is 5.69 Å². The Kier molecular flexibility index (Phi) is 7.35. The van der Waals surface area contributed by atoms with E-state index in [2.05, 4.69) is 83.8 Å². The maximum atomic E-state index is 5.71. The van der Waals surface area contributed by atoms with Crippen LogP contribution in [0.5, 0.6) is 0 Å². The van der Waals surface area contributed by atoms with Gasteiger partial charge in [-0.15, -0.1) is 0 Å². The van der Waals surface area contributed by atoms with Crippen molar-refractivity contribution >= 4 is 11.3 Å². The van der Waals surface area contributed by atoms with Gasteiger partial charge in [-0.25, -0.2) is 0 Å². The Labute approximate surface area is 195 Å². The van der Waals surface area contributed by atoms with Crippen LogP contribution in [0.2, 0.25) is 0 Å². The normalized spacial score (nSPS) is 16.6. The zero-order valence-electron chi connectivity index (χ0n) is 21.4. The first-order valence-corrected chi connectivity index (χ1v) is 11.9. The third kappa shape index (κ3) is 5.35. The lowest BCUT2D eigenvalue weighted by Gasteiger charge is -2.26. The smallest absolute Gasteiger partial charge is 0.0716 e. The molecule has 2 nitrogen and oxygen atoms in total. The predicted octanol–water partition coefficient (Wildman–Crippen LogP) is 8.43. The van der Waals surface area contributed by atoms with Crippen LogP contribution >= 0.6 is 0 Å². The molecule has 0 radical (unpaired) electrons. The fraction of sp³-hybridized carbons (Fsp3) is 0.467. The SMILES string of the molecule is C=C(C)Nc1cc(C)c(-c2ccc3c(c2)CCCC3C)c(/C(=C/C(C)(C)C)COC)c1C. The number of allylic oxidation sites excluding steroid dienone is 2. The van der Waals surface area contributed by atoms with Gasteiger partial charge in [-0.2, -0.15) is 0 Å². The number of methoxy groups -OCH3 is 1. The molecule has 2 aromatic rings. The molecule has 0 fully saturated rings. The molecular weight excluding hydrogens is 390 g/mol. The van der Waals surface area contributed by atoms with Gasteiger partial charge in [-0.05, 0) is 102 Å². The molecule has 172 valence electrons. The number of aryl methyl sites for hydroxylation is 2. The van der Waals surface area contributed by atoms with Gasteiger partial charge in [0.1, 0.15) is 0 Å². The minimum absolute atomic E-state index is 0.0501. The first-order valence-electron chi connectivity index (χ1n) is 11.9. The number of anilines is 1. The second kappa shape index (κ2) is 9.67. The molecular formula is C30H41NO. The molecule has 0 aromatic heterocycles. The van der Waals surface area contributed by atoms with Crippen LogP contribution in [0.15, 0.2) is 42.6 Å². The van der Waals surface area contributed by atoms with Gasteiger partial charge in [-0.1, -0.05) is 58.5 Å². The zero-order valence-corrected chi connectivity index (χ0v) is 21.4. The fourth-order valence-electron chi connectivity index (χ4n) is 5.13. The minimum Gasteiger partial charge on any atom is -0.380 e. The number of rotatable bonds is 6. The van der Waals surface area contributed by atoms with E-state index in [9.17, 15) is 0 Å². The summed E-state index contributed by atoms with van der Waals surface area (Å²) in [5.41, 5.74) is 12.8. The van der Waals surface area contributed by atoms with Gasteiger partial charge in [0, 0.05) is 18.5 Å². The van der Waals surface area contributed by atoms with E-state index in [0.29, 0.717) is 12.5 Å². The molecule has 0 amide bonds. The van der Waals surface area contributed by atoms with E-state index < -0.39 is 0 Å². The Morgan fingerprint density at radius 1 is 1.22 bits per heavy atom. The molecule has 0 saturated heterocycles. The summed E-state index contributed by atoms with van der Waals surface area (Å²) in [6.07, 6.45) is 6.12. The van der Waals surface area contributed by atoms with Crippen molar-refractivity contribution < 1.29 is 4.74 Å². The molecule has 0 heterocycles. The number of hydrogen-bond acceptors (Lipinski definition) is 2. The molecule has 32 heavy (non-hydrogen) atoms. The third-order valence-corrected chi connectivity index (χ3v) is 6.41. The second-order valence-corrected chi connectivity index (χ2v) is 10.7. The van der Waals surface area contributed by atoms with Gasteiger partial charge >= 0.3 is 0 Å². The molecule has 3 rings (SSSR count). The zero-order chi connectivity index (χ0) is 23.6. The number of fused-ring (bicyclic) bond motifs is 1. The molecule has 1 atom stereocenters. The first kappa shape index (κ1) is 24.3. The van der Waals surface area contributed by atoms with Gasteiger partial charge in [-0.3, -0.25) is 0 Å². The highest BCUT2D eigenvalue weighted by Crippen LogP contribution is 2.42. The maximum Gasteiger partial charge on any atom is 0.0716 e. The lowest BCUT2D eigenvalue weighted by molar-refractivity contribution is 0.239. The number of nitrogens with one attached hydrogen (secondary N) is 1. The monoisotopic (exact) mass is 431 g/mol. The highest BCUT2D eigenvalue weighted by Gasteiger charge is 2.22. The molecule has 0 bridgehead atoms. The Bertz CT molecular complexity index is 1040. The first-order chi connectivity index (χ1) is 15.0. The van der Waals surface area contributed by atoms with Crippen molar-refractivity contribution in [3.05, 3.63) is 70.4 Å². The molecule has 0 saturated carbocycles. The molecule has 1 unspecified atom stereocenters. The second-order valence-electron chi connectivity index (χ2n) is 10.7. The lowest BCUT2D eigenvalue weighted by atomic mass is 9.80. The minimum atomic E-state index is 0.0501. The summed E-state index contributed by atoms with van der Waals surface area (Å²) in [5.74, 6) is 0.655. The van der Waals surface area contributed by atoms with E-state index in [1.54, 1.807) is 7.11 Å². The number of benzene rings is 2. The van der Waals surface area contributed by atoms with Crippen LogP contribution in [-0.2, 0) is 11.2 Å². The Morgan fingerprint density at radius 3 is 2.56 bits per heavy atom. The van der Waals surface area contributed by atoms with Crippen LogP contribution < -0.4 is 5.32 Å². The largest absolute Gasteiger partial charge is 0.380 e. The summed E-state index contributed by atoms with van der Waals surface area (Å²) >= 11 is 0. The summed E-state index contributed by atoms with van der Waals surface area (Å²) < 4.78 is 5.71. The quantitative estimate of drug-likeness (QED) is 0.495. The van der Waals surface area contributed by atoms with E-state index in [0.717, 1.165) is 11.4 Å². The molecule has 1 aliphatic rings.